The van der Waals surface area contributed by atoms with Gasteiger partial charge in [0, 0.05) is 6.42 Å². The van der Waals surface area contributed by atoms with Crippen LogP contribution in [0.15, 0.2) is 30.3 Å². The minimum atomic E-state index is -4.56. The Hall–Kier alpha value is -2.09. The number of esters is 2. The van der Waals surface area contributed by atoms with Gasteiger partial charge in [0.1, 0.15) is 0 Å². The minimum Gasteiger partial charge on any atom is -0.469 e. The first-order chi connectivity index (χ1) is 11.6. The summed E-state index contributed by atoms with van der Waals surface area (Å²) in [6.07, 6.45) is -3.88. The molecule has 0 aliphatic carbocycles. The molecule has 0 spiro atoms. The summed E-state index contributed by atoms with van der Waals surface area (Å²) in [5, 5.41) is 0. The lowest BCUT2D eigenvalue weighted by atomic mass is 10.1. The first-order valence-electron chi connectivity index (χ1n) is 7.80. The fourth-order valence-electron chi connectivity index (χ4n) is 2.30. The van der Waals surface area contributed by atoms with E-state index in [1.54, 1.807) is 7.05 Å². The molecule has 0 radical (unpaired) electrons. The second kappa shape index (κ2) is 9.41. The van der Waals surface area contributed by atoms with E-state index < -0.39 is 24.7 Å². The second-order valence-electron chi connectivity index (χ2n) is 6.06. The first-order valence-corrected chi connectivity index (χ1v) is 7.80. The van der Waals surface area contributed by atoms with Crippen LogP contribution in [-0.2, 0) is 25.5 Å². The van der Waals surface area contributed by atoms with E-state index in [1.165, 1.54) is 7.11 Å². The van der Waals surface area contributed by atoms with Crippen molar-refractivity contribution in [3.8, 4) is 0 Å². The normalized spacial score (nSPS) is 13.8. The first kappa shape index (κ1) is 21.0. The molecule has 5 nitrogen and oxygen atoms in total. The zero-order chi connectivity index (χ0) is 18.9. The third-order valence-corrected chi connectivity index (χ3v) is 3.77. The van der Waals surface area contributed by atoms with Crippen molar-refractivity contribution >= 4 is 11.9 Å². The number of benzene rings is 1. The predicted molar refractivity (Wildman–Crippen MR) is 84.6 cm³/mol. The molecule has 25 heavy (non-hydrogen) atoms. The minimum absolute atomic E-state index is 0.0638. The number of hydrogen-bond donors (Lipinski definition) is 0. The number of methoxy groups -OCH3 is 1. The number of carbonyl (C=O) groups is 2. The maximum atomic E-state index is 12.2. The van der Waals surface area contributed by atoms with Crippen molar-refractivity contribution < 1.29 is 36.7 Å². The van der Waals surface area contributed by atoms with Gasteiger partial charge in [0.05, 0.1) is 33.7 Å². The average molecular weight is 362 g/mol. The van der Waals surface area contributed by atoms with Gasteiger partial charge in [0.2, 0.25) is 0 Å². The van der Waals surface area contributed by atoms with Crippen LogP contribution in [0.25, 0.3) is 0 Å². The third-order valence-electron chi connectivity index (χ3n) is 3.77. The highest BCUT2D eigenvalue weighted by Gasteiger charge is 2.32. The van der Waals surface area contributed by atoms with Crippen molar-refractivity contribution in [2.24, 2.45) is 0 Å². The Bertz CT molecular complexity index is 563. The Balaban J connectivity index is 2.68. The number of likely N-dealkylation sites (N-methyl/N-ethyl adjacent to an activating group) is 1. The number of hydrogen-bond acceptors (Lipinski definition) is 4. The van der Waals surface area contributed by atoms with E-state index in [0.29, 0.717) is 13.0 Å². The van der Waals surface area contributed by atoms with E-state index in [4.69, 9.17) is 0 Å². The molecule has 1 atom stereocenters. The van der Waals surface area contributed by atoms with Crippen LogP contribution in [0, 0.1) is 0 Å². The maximum Gasteiger partial charge on any atom is 0.422 e. The van der Waals surface area contributed by atoms with E-state index in [2.05, 4.69) is 9.47 Å². The predicted octanol–water partition coefficient (Wildman–Crippen LogP) is 2.34. The van der Waals surface area contributed by atoms with E-state index in [1.807, 2.05) is 30.3 Å². The fraction of sp³-hybridized carbons (Fsp3) is 0.529. The van der Waals surface area contributed by atoms with Crippen molar-refractivity contribution in [3.63, 3.8) is 0 Å². The molecule has 1 rings (SSSR count). The van der Waals surface area contributed by atoms with Gasteiger partial charge in [-0.25, -0.2) is 4.79 Å². The lowest BCUT2D eigenvalue weighted by Crippen LogP contribution is -2.50. The van der Waals surface area contributed by atoms with Gasteiger partial charge in [-0.15, -0.1) is 0 Å². The third kappa shape index (κ3) is 9.09. The number of alkyl halides is 3. The molecule has 8 heteroatoms. The molecule has 0 aliphatic rings. The number of rotatable bonds is 9. The quantitative estimate of drug-likeness (QED) is 0.500. The summed E-state index contributed by atoms with van der Waals surface area (Å²) < 4.78 is 45.5. The molecule has 0 aromatic heterocycles. The molecule has 1 unspecified atom stereocenters. The summed E-state index contributed by atoms with van der Waals surface area (Å²) in [6, 6.07) is 9.49. The van der Waals surface area contributed by atoms with Crippen molar-refractivity contribution in [2.45, 2.75) is 19.0 Å². The number of quaternary nitrogens is 1. The van der Waals surface area contributed by atoms with Gasteiger partial charge < -0.3 is 14.0 Å². The van der Waals surface area contributed by atoms with Crippen LogP contribution in [0.4, 0.5) is 13.2 Å². The number of ether oxygens (including phenoxy) is 2. The second-order valence-corrected chi connectivity index (χ2v) is 6.06. The zero-order valence-corrected chi connectivity index (χ0v) is 14.3. The number of carbonyl (C=O) groups excluding carboxylic acids is 2. The van der Waals surface area contributed by atoms with Gasteiger partial charge >= 0.3 is 18.1 Å². The standard InChI is InChI=1S/C17H23F3NO4/c1-21(11-9-15(22)24-2,10-8-14-6-4-3-5-7-14)12-16(23)25-13-17(18,19)20/h3-7H,8-13H2,1-2H3/q+1. The molecular formula is C17H23F3NO4+. The Morgan fingerprint density at radius 2 is 1.72 bits per heavy atom. The maximum absolute atomic E-state index is 12.2. The Kier molecular flexibility index (Phi) is 7.89. The summed E-state index contributed by atoms with van der Waals surface area (Å²) in [4.78, 5) is 23.2. The molecule has 0 heterocycles. The lowest BCUT2D eigenvalue weighted by Gasteiger charge is -2.33. The van der Waals surface area contributed by atoms with Crippen LogP contribution in [-0.4, -0.2) is 63.0 Å². The van der Waals surface area contributed by atoms with E-state index in [9.17, 15) is 22.8 Å². The SMILES string of the molecule is COC(=O)CC[N+](C)(CCc1ccccc1)CC(=O)OCC(F)(F)F. The van der Waals surface area contributed by atoms with Gasteiger partial charge in [-0.3, -0.25) is 4.79 Å². The average Bonchev–Trinajstić information content (AvgIpc) is 2.56. The molecule has 140 valence electrons. The molecule has 0 bridgehead atoms. The number of nitrogens with zero attached hydrogens (tertiary/aromatic N) is 1. The van der Waals surface area contributed by atoms with Crippen LogP contribution >= 0.6 is 0 Å². The molecular weight excluding hydrogens is 339 g/mol. The molecule has 0 saturated heterocycles. The highest BCUT2D eigenvalue weighted by Crippen LogP contribution is 2.15. The van der Waals surface area contributed by atoms with Crippen molar-refractivity contribution in [1.29, 1.82) is 0 Å². The van der Waals surface area contributed by atoms with Crippen molar-refractivity contribution in [2.75, 3.05) is 40.4 Å². The van der Waals surface area contributed by atoms with Crippen LogP contribution < -0.4 is 0 Å². The van der Waals surface area contributed by atoms with Crippen LogP contribution in [0.5, 0.6) is 0 Å². The number of halogens is 3. The van der Waals surface area contributed by atoms with Gasteiger partial charge in [0.15, 0.2) is 13.2 Å². The summed E-state index contributed by atoms with van der Waals surface area (Å²) in [7, 11) is 2.97. The summed E-state index contributed by atoms with van der Waals surface area (Å²) >= 11 is 0. The molecule has 1 aromatic rings. The Morgan fingerprint density at radius 1 is 1.08 bits per heavy atom. The molecule has 0 N–H and O–H groups in total. The van der Waals surface area contributed by atoms with Crippen molar-refractivity contribution in [3.05, 3.63) is 35.9 Å². The molecule has 0 aliphatic heterocycles. The zero-order valence-electron chi connectivity index (χ0n) is 14.3. The highest BCUT2D eigenvalue weighted by molar-refractivity contribution is 5.71. The van der Waals surface area contributed by atoms with E-state index in [-0.39, 0.29) is 24.0 Å². The smallest absolute Gasteiger partial charge is 0.422 e. The van der Waals surface area contributed by atoms with E-state index in [0.717, 1.165) is 5.56 Å². The van der Waals surface area contributed by atoms with Gasteiger partial charge in [0.25, 0.3) is 0 Å². The van der Waals surface area contributed by atoms with Crippen LogP contribution in [0.1, 0.15) is 12.0 Å². The topological polar surface area (TPSA) is 52.6 Å². The Labute approximate surface area is 144 Å². The van der Waals surface area contributed by atoms with Crippen molar-refractivity contribution in [1.82, 2.24) is 0 Å². The molecule has 1 aromatic carbocycles. The Morgan fingerprint density at radius 3 is 2.28 bits per heavy atom. The largest absolute Gasteiger partial charge is 0.469 e. The summed E-state index contributed by atoms with van der Waals surface area (Å²) in [6.45, 7) is -1.12. The monoisotopic (exact) mass is 362 g/mol. The fourth-order valence-corrected chi connectivity index (χ4v) is 2.30. The lowest BCUT2D eigenvalue weighted by molar-refractivity contribution is -0.901. The molecule has 0 saturated carbocycles. The van der Waals surface area contributed by atoms with Crippen LogP contribution in [0.2, 0.25) is 0 Å². The highest BCUT2D eigenvalue weighted by atomic mass is 19.4. The molecule has 0 amide bonds. The summed E-state index contributed by atoms with van der Waals surface area (Å²) in [5.41, 5.74) is 1.04. The van der Waals surface area contributed by atoms with Gasteiger partial charge in [-0.2, -0.15) is 13.2 Å². The van der Waals surface area contributed by atoms with Crippen LogP contribution in [0.3, 0.4) is 0 Å². The van der Waals surface area contributed by atoms with Gasteiger partial charge in [-0.05, 0) is 5.56 Å². The molecule has 0 fully saturated rings. The summed E-state index contributed by atoms with van der Waals surface area (Å²) in [5.74, 6) is -1.38. The van der Waals surface area contributed by atoms with Gasteiger partial charge in [-0.1, -0.05) is 30.3 Å². The van der Waals surface area contributed by atoms with E-state index >= 15 is 0 Å².